The highest BCUT2D eigenvalue weighted by atomic mass is 19.1. The molecule has 0 radical (unpaired) electrons. The Morgan fingerprint density at radius 3 is 2.80 bits per heavy atom. The van der Waals surface area contributed by atoms with Gasteiger partial charge < -0.3 is 5.32 Å². The Kier molecular flexibility index (Phi) is 3.40. The number of halogens is 1. The van der Waals surface area contributed by atoms with E-state index in [0.29, 0.717) is 11.3 Å². The highest BCUT2D eigenvalue weighted by Crippen LogP contribution is 2.14. The first-order valence-electron chi connectivity index (χ1n) is 4.51. The van der Waals surface area contributed by atoms with Crippen molar-refractivity contribution < 1.29 is 9.18 Å². The molecule has 15 heavy (non-hydrogen) atoms. The number of benzene rings is 1. The van der Waals surface area contributed by atoms with Gasteiger partial charge >= 0.3 is 0 Å². The Labute approximate surface area is 87.5 Å². The number of carbonyl (C=O) groups excluding carboxylic acids is 1. The fourth-order valence-corrected chi connectivity index (χ4v) is 1.03. The van der Waals surface area contributed by atoms with Crippen molar-refractivity contribution in [1.82, 2.24) is 0 Å². The van der Waals surface area contributed by atoms with Crippen LogP contribution in [0.4, 0.5) is 10.1 Å². The molecule has 3 nitrogen and oxygen atoms in total. The van der Waals surface area contributed by atoms with Gasteiger partial charge in [0.05, 0.1) is 6.07 Å². The summed E-state index contributed by atoms with van der Waals surface area (Å²) in [5.41, 5.74) is 0.957. The van der Waals surface area contributed by atoms with E-state index in [2.05, 4.69) is 5.32 Å². The first-order chi connectivity index (χ1) is 7.04. The molecule has 0 aliphatic rings. The van der Waals surface area contributed by atoms with Crippen molar-refractivity contribution in [2.45, 2.75) is 13.8 Å². The molecule has 0 saturated carbocycles. The normalized spacial score (nSPS) is 11.6. The lowest BCUT2D eigenvalue weighted by atomic mass is 10.1. The van der Waals surface area contributed by atoms with Crippen LogP contribution in [0.3, 0.4) is 0 Å². The van der Waals surface area contributed by atoms with Crippen LogP contribution in [-0.2, 0) is 4.79 Å². The lowest BCUT2D eigenvalue weighted by Crippen LogP contribution is -2.18. The summed E-state index contributed by atoms with van der Waals surface area (Å²) in [4.78, 5) is 11.3. The van der Waals surface area contributed by atoms with E-state index >= 15 is 0 Å². The van der Waals surface area contributed by atoms with Gasteiger partial charge in [-0.2, -0.15) is 5.26 Å². The number of amides is 1. The Morgan fingerprint density at radius 2 is 2.27 bits per heavy atom. The molecule has 4 heteroatoms. The van der Waals surface area contributed by atoms with Crippen molar-refractivity contribution in [3.05, 3.63) is 29.6 Å². The largest absolute Gasteiger partial charge is 0.325 e. The van der Waals surface area contributed by atoms with E-state index < -0.39 is 5.92 Å². The zero-order valence-corrected chi connectivity index (χ0v) is 8.54. The average molecular weight is 206 g/mol. The molecule has 0 aliphatic heterocycles. The van der Waals surface area contributed by atoms with Gasteiger partial charge in [-0.3, -0.25) is 4.79 Å². The molecule has 1 N–H and O–H groups in total. The van der Waals surface area contributed by atoms with Gasteiger partial charge in [0.2, 0.25) is 5.91 Å². The van der Waals surface area contributed by atoms with Gasteiger partial charge in [-0.15, -0.1) is 0 Å². The molecule has 78 valence electrons. The van der Waals surface area contributed by atoms with Crippen LogP contribution in [0.15, 0.2) is 18.2 Å². The summed E-state index contributed by atoms with van der Waals surface area (Å²) in [6, 6.07) is 6.09. The summed E-state index contributed by atoms with van der Waals surface area (Å²) in [5, 5.41) is 11.0. The maximum absolute atomic E-state index is 12.9. The number of nitrogens with zero attached hydrogens (tertiary/aromatic N) is 1. The van der Waals surface area contributed by atoms with Crippen LogP contribution >= 0.6 is 0 Å². The van der Waals surface area contributed by atoms with Gasteiger partial charge in [-0.25, -0.2) is 4.39 Å². The van der Waals surface area contributed by atoms with Gasteiger partial charge in [0.1, 0.15) is 11.7 Å². The van der Waals surface area contributed by atoms with E-state index in [1.807, 2.05) is 6.07 Å². The highest BCUT2D eigenvalue weighted by Gasteiger charge is 2.11. The molecular formula is C11H11FN2O. The Bertz CT molecular complexity index is 423. The van der Waals surface area contributed by atoms with E-state index in [9.17, 15) is 9.18 Å². The van der Waals surface area contributed by atoms with Crippen molar-refractivity contribution in [2.75, 3.05) is 5.32 Å². The number of hydrogen-bond donors (Lipinski definition) is 1. The number of nitriles is 1. The average Bonchev–Trinajstić information content (AvgIpc) is 2.22. The third-order valence-electron chi connectivity index (χ3n) is 2.01. The first-order valence-corrected chi connectivity index (χ1v) is 4.51. The van der Waals surface area contributed by atoms with Crippen LogP contribution in [0.25, 0.3) is 0 Å². The van der Waals surface area contributed by atoms with E-state index in [4.69, 9.17) is 5.26 Å². The van der Waals surface area contributed by atoms with Gasteiger partial charge in [0, 0.05) is 5.69 Å². The van der Waals surface area contributed by atoms with Crippen molar-refractivity contribution in [2.24, 2.45) is 5.92 Å². The SMILES string of the molecule is Cc1cc(NC(=O)C(C)C#N)ccc1F. The van der Waals surface area contributed by atoms with E-state index in [1.165, 1.54) is 25.1 Å². The molecule has 0 fully saturated rings. The Hall–Kier alpha value is -1.89. The number of aryl methyl sites for hydroxylation is 1. The third-order valence-corrected chi connectivity index (χ3v) is 2.01. The standard InChI is InChI=1S/C11H11FN2O/c1-7-5-9(3-4-10(7)12)14-11(15)8(2)6-13/h3-5,8H,1-2H3,(H,14,15). The lowest BCUT2D eigenvalue weighted by Gasteiger charge is -2.07. The topological polar surface area (TPSA) is 52.9 Å². The van der Waals surface area contributed by atoms with Gasteiger partial charge in [0.25, 0.3) is 0 Å². The number of rotatable bonds is 2. The lowest BCUT2D eigenvalue weighted by molar-refractivity contribution is -0.117. The summed E-state index contributed by atoms with van der Waals surface area (Å²) in [6.45, 7) is 3.12. The van der Waals surface area contributed by atoms with Gasteiger partial charge in [-0.1, -0.05) is 0 Å². The molecule has 1 aromatic rings. The minimum atomic E-state index is -0.713. The molecule has 0 aliphatic carbocycles. The second-order valence-corrected chi connectivity index (χ2v) is 3.30. The maximum Gasteiger partial charge on any atom is 0.241 e. The predicted molar refractivity (Wildman–Crippen MR) is 54.5 cm³/mol. The van der Waals surface area contributed by atoms with E-state index in [1.54, 1.807) is 6.92 Å². The fraction of sp³-hybridized carbons (Fsp3) is 0.273. The molecule has 1 amide bonds. The van der Waals surface area contributed by atoms with Crippen LogP contribution in [0, 0.1) is 30.0 Å². The Balaban J connectivity index is 2.78. The molecule has 0 heterocycles. The summed E-state index contributed by atoms with van der Waals surface area (Å²) in [7, 11) is 0. The first kappa shape index (κ1) is 11.2. The summed E-state index contributed by atoms with van der Waals surface area (Å²) in [6.07, 6.45) is 0. The van der Waals surface area contributed by atoms with Crippen LogP contribution < -0.4 is 5.32 Å². The fourth-order valence-electron chi connectivity index (χ4n) is 1.03. The molecule has 0 spiro atoms. The zero-order chi connectivity index (χ0) is 11.4. The molecule has 1 atom stereocenters. The molecular weight excluding hydrogens is 195 g/mol. The Morgan fingerprint density at radius 1 is 1.60 bits per heavy atom. The molecule has 1 rings (SSSR count). The van der Waals surface area contributed by atoms with Crippen molar-refractivity contribution in [3.63, 3.8) is 0 Å². The molecule has 1 aromatic carbocycles. The van der Waals surface area contributed by atoms with Crippen molar-refractivity contribution in [1.29, 1.82) is 5.26 Å². The van der Waals surface area contributed by atoms with Gasteiger partial charge in [-0.05, 0) is 37.6 Å². The summed E-state index contributed by atoms with van der Waals surface area (Å²) in [5.74, 6) is -1.42. The number of carbonyl (C=O) groups is 1. The minimum Gasteiger partial charge on any atom is -0.325 e. The number of nitrogens with one attached hydrogen (secondary N) is 1. The number of hydrogen-bond acceptors (Lipinski definition) is 2. The number of anilines is 1. The van der Waals surface area contributed by atoms with E-state index in [0.717, 1.165) is 0 Å². The quantitative estimate of drug-likeness (QED) is 0.806. The van der Waals surface area contributed by atoms with E-state index in [-0.39, 0.29) is 11.7 Å². The summed E-state index contributed by atoms with van der Waals surface area (Å²) < 4.78 is 12.9. The highest BCUT2D eigenvalue weighted by molar-refractivity contribution is 5.93. The maximum atomic E-state index is 12.9. The molecule has 0 bridgehead atoms. The minimum absolute atomic E-state index is 0.318. The monoisotopic (exact) mass is 206 g/mol. The summed E-state index contributed by atoms with van der Waals surface area (Å²) >= 11 is 0. The van der Waals surface area contributed by atoms with Crippen molar-refractivity contribution >= 4 is 11.6 Å². The van der Waals surface area contributed by atoms with Gasteiger partial charge in [0.15, 0.2) is 0 Å². The smallest absolute Gasteiger partial charge is 0.241 e. The second kappa shape index (κ2) is 4.56. The van der Waals surface area contributed by atoms with Crippen LogP contribution in [0.2, 0.25) is 0 Å². The van der Waals surface area contributed by atoms with Crippen molar-refractivity contribution in [3.8, 4) is 6.07 Å². The third kappa shape index (κ3) is 2.78. The molecule has 0 saturated heterocycles. The molecule has 0 aromatic heterocycles. The molecule has 1 unspecified atom stereocenters. The van der Waals surface area contributed by atoms with Crippen LogP contribution in [0.5, 0.6) is 0 Å². The predicted octanol–water partition coefficient (Wildman–Crippen LogP) is 2.23. The van der Waals surface area contributed by atoms with Crippen LogP contribution in [0.1, 0.15) is 12.5 Å². The second-order valence-electron chi connectivity index (χ2n) is 3.30. The zero-order valence-electron chi connectivity index (χ0n) is 8.54. The van der Waals surface area contributed by atoms with Crippen LogP contribution in [-0.4, -0.2) is 5.91 Å².